The molecule has 9 heteroatoms. The summed E-state index contributed by atoms with van der Waals surface area (Å²) < 4.78 is 43.1. The SMILES string of the molecule is CCNC(=NCC(OC)c1ccccc1)NC1CCN(CC(F)(F)F)C1.I. The molecule has 2 rings (SSSR count). The number of nitrogens with zero attached hydrogens (tertiary/aromatic N) is 2. The smallest absolute Gasteiger partial charge is 0.375 e. The Hall–Kier alpha value is -1.07. The normalized spacial score (nSPS) is 19.4. The molecule has 1 fully saturated rings. The van der Waals surface area contributed by atoms with E-state index < -0.39 is 12.7 Å². The lowest BCUT2D eigenvalue weighted by Crippen LogP contribution is -2.45. The summed E-state index contributed by atoms with van der Waals surface area (Å²) in [5.41, 5.74) is 1.03. The molecule has 0 bridgehead atoms. The minimum Gasteiger partial charge on any atom is -0.375 e. The van der Waals surface area contributed by atoms with E-state index in [0.29, 0.717) is 38.6 Å². The van der Waals surface area contributed by atoms with E-state index in [1.54, 1.807) is 7.11 Å². The fraction of sp³-hybridized carbons (Fsp3) is 0.611. The minimum atomic E-state index is -4.16. The van der Waals surface area contributed by atoms with E-state index in [4.69, 9.17) is 4.74 Å². The molecule has 2 unspecified atom stereocenters. The lowest BCUT2D eigenvalue weighted by Gasteiger charge is -2.20. The molecule has 1 heterocycles. The van der Waals surface area contributed by atoms with Crippen LogP contribution in [0.2, 0.25) is 0 Å². The molecule has 2 N–H and O–H groups in total. The maximum Gasteiger partial charge on any atom is 0.401 e. The second-order valence-electron chi connectivity index (χ2n) is 6.33. The molecule has 0 aliphatic carbocycles. The Kier molecular flexibility index (Phi) is 10.4. The standard InChI is InChI=1S/C18H27F3N4O.HI/c1-3-22-17(23-11-16(26-2)14-7-5-4-6-8-14)24-15-9-10-25(12-15)13-18(19,20)21;/h4-8,15-16H,3,9-13H2,1-2H3,(H2,22,23,24);1H. The third kappa shape index (κ3) is 8.65. The highest BCUT2D eigenvalue weighted by molar-refractivity contribution is 14.0. The van der Waals surface area contributed by atoms with Crippen molar-refractivity contribution in [1.29, 1.82) is 0 Å². The van der Waals surface area contributed by atoms with Gasteiger partial charge in [-0.25, -0.2) is 0 Å². The number of benzene rings is 1. The third-order valence-electron chi connectivity index (χ3n) is 4.23. The largest absolute Gasteiger partial charge is 0.401 e. The van der Waals surface area contributed by atoms with Crippen molar-refractivity contribution in [3.63, 3.8) is 0 Å². The molecular formula is C18H28F3IN4O. The predicted octanol–water partition coefficient (Wildman–Crippen LogP) is 3.18. The van der Waals surface area contributed by atoms with Crippen molar-refractivity contribution in [2.24, 2.45) is 4.99 Å². The van der Waals surface area contributed by atoms with Gasteiger partial charge in [0.1, 0.15) is 6.10 Å². The number of likely N-dealkylation sites (tertiary alicyclic amines) is 1. The first-order valence-corrected chi connectivity index (χ1v) is 8.83. The molecule has 1 saturated heterocycles. The number of guanidine groups is 1. The van der Waals surface area contributed by atoms with Crippen LogP contribution in [0.1, 0.15) is 25.0 Å². The van der Waals surface area contributed by atoms with Crippen LogP contribution >= 0.6 is 24.0 Å². The van der Waals surface area contributed by atoms with Crippen molar-refractivity contribution in [3.05, 3.63) is 35.9 Å². The van der Waals surface area contributed by atoms with E-state index in [0.717, 1.165) is 5.56 Å². The van der Waals surface area contributed by atoms with Gasteiger partial charge < -0.3 is 15.4 Å². The number of methoxy groups -OCH3 is 1. The molecule has 0 spiro atoms. The van der Waals surface area contributed by atoms with Crippen LogP contribution in [0.4, 0.5) is 13.2 Å². The Morgan fingerprint density at radius 3 is 2.63 bits per heavy atom. The van der Waals surface area contributed by atoms with Crippen LogP contribution in [0, 0.1) is 0 Å². The van der Waals surface area contributed by atoms with Gasteiger partial charge in [0, 0.05) is 32.8 Å². The average Bonchev–Trinajstić information content (AvgIpc) is 3.01. The summed E-state index contributed by atoms with van der Waals surface area (Å²) in [5, 5.41) is 6.38. The van der Waals surface area contributed by atoms with Gasteiger partial charge >= 0.3 is 6.18 Å². The molecule has 1 aliphatic rings. The quantitative estimate of drug-likeness (QED) is 0.343. The molecule has 1 aliphatic heterocycles. The maximum absolute atomic E-state index is 12.5. The highest BCUT2D eigenvalue weighted by atomic mass is 127. The number of hydrogen-bond donors (Lipinski definition) is 2. The van der Waals surface area contributed by atoms with Crippen LogP contribution in [0.15, 0.2) is 35.3 Å². The summed E-state index contributed by atoms with van der Waals surface area (Å²) in [5.74, 6) is 0.601. The number of halogens is 4. The van der Waals surface area contributed by atoms with E-state index >= 15 is 0 Å². The Morgan fingerprint density at radius 1 is 1.33 bits per heavy atom. The summed E-state index contributed by atoms with van der Waals surface area (Å²) >= 11 is 0. The molecule has 0 aromatic heterocycles. The van der Waals surface area contributed by atoms with Crippen LogP contribution in [0.25, 0.3) is 0 Å². The van der Waals surface area contributed by atoms with E-state index in [2.05, 4.69) is 15.6 Å². The first-order chi connectivity index (χ1) is 12.4. The van der Waals surface area contributed by atoms with Crippen molar-refractivity contribution in [2.45, 2.75) is 31.7 Å². The Bertz CT molecular complexity index is 571. The molecule has 1 aromatic carbocycles. The zero-order valence-corrected chi connectivity index (χ0v) is 18.0. The van der Waals surface area contributed by atoms with Gasteiger partial charge in [0.05, 0.1) is 13.1 Å². The van der Waals surface area contributed by atoms with Crippen molar-refractivity contribution in [3.8, 4) is 0 Å². The molecule has 2 atom stereocenters. The number of nitrogens with one attached hydrogen (secondary N) is 2. The second-order valence-corrected chi connectivity index (χ2v) is 6.33. The van der Waals surface area contributed by atoms with Gasteiger partial charge in [0.2, 0.25) is 0 Å². The monoisotopic (exact) mass is 500 g/mol. The van der Waals surface area contributed by atoms with E-state index in [9.17, 15) is 13.2 Å². The highest BCUT2D eigenvalue weighted by Crippen LogP contribution is 2.20. The first-order valence-electron chi connectivity index (χ1n) is 8.83. The van der Waals surface area contributed by atoms with Crippen LogP contribution in [-0.2, 0) is 4.74 Å². The van der Waals surface area contributed by atoms with E-state index in [1.165, 1.54) is 4.90 Å². The zero-order chi connectivity index (χ0) is 19.0. The summed E-state index contributed by atoms with van der Waals surface area (Å²) in [7, 11) is 1.64. The lowest BCUT2D eigenvalue weighted by atomic mass is 10.1. The third-order valence-corrected chi connectivity index (χ3v) is 4.23. The summed E-state index contributed by atoms with van der Waals surface area (Å²) in [6.45, 7) is 2.98. The minimum absolute atomic E-state index is 0. The van der Waals surface area contributed by atoms with Gasteiger partial charge in [-0.1, -0.05) is 30.3 Å². The van der Waals surface area contributed by atoms with Crippen molar-refractivity contribution < 1.29 is 17.9 Å². The van der Waals surface area contributed by atoms with Gasteiger partial charge in [-0.15, -0.1) is 24.0 Å². The topological polar surface area (TPSA) is 48.9 Å². The number of aliphatic imine (C=N–C) groups is 1. The number of ether oxygens (including phenoxy) is 1. The van der Waals surface area contributed by atoms with E-state index in [1.807, 2.05) is 37.3 Å². The van der Waals surface area contributed by atoms with Crippen LogP contribution < -0.4 is 10.6 Å². The predicted molar refractivity (Wildman–Crippen MR) is 112 cm³/mol. The van der Waals surface area contributed by atoms with Gasteiger partial charge in [0.25, 0.3) is 0 Å². The molecule has 0 saturated carbocycles. The second kappa shape index (κ2) is 11.7. The Labute approximate surface area is 175 Å². The number of rotatable bonds is 7. The molecule has 27 heavy (non-hydrogen) atoms. The van der Waals surface area contributed by atoms with Gasteiger partial charge in [-0.2, -0.15) is 13.2 Å². The van der Waals surface area contributed by atoms with Crippen LogP contribution in [0.3, 0.4) is 0 Å². The van der Waals surface area contributed by atoms with Gasteiger partial charge in [0.15, 0.2) is 5.96 Å². The molecule has 0 radical (unpaired) electrons. The fourth-order valence-corrected chi connectivity index (χ4v) is 3.02. The highest BCUT2D eigenvalue weighted by Gasteiger charge is 2.34. The lowest BCUT2D eigenvalue weighted by molar-refractivity contribution is -0.143. The first kappa shape index (κ1) is 24.0. The van der Waals surface area contributed by atoms with Crippen LogP contribution in [0.5, 0.6) is 0 Å². The summed E-state index contributed by atoms with van der Waals surface area (Å²) in [6.07, 6.45) is -3.67. The summed E-state index contributed by atoms with van der Waals surface area (Å²) in [4.78, 5) is 5.97. The summed E-state index contributed by atoms with van der Waals surface area (Å²) in [6, 6.07) is 9.75. The van der Waals surface area contributed by atoms with E-state index in [-0.39, 0.29) is 36.1 Å². The maximum atomic E-state index is 12.5. The molecule has 0 amide bonds. The van der Waals surface area contributed by atoms with Crippen molar-refractivity contribution in [1.82, 2.24) is 15.5 Å². The molecular weight excluding hydrogens is 472 g/mol. The van der Waals surface area contributed by atoms with Crippen LogP contribution in [-0.4, -0.2) is 62.9 Å². The fourth-order valence-electron chi connectivity index (χ4n) is 3.02. The molecule has 1 aromatic rings. The number of hydrogen-bond acceptors (Lipinski definition) is 3. The zero-order valence-electron chi connectivity index (χ0n) is 15.6. The van der Waals surface area contributed by atoms with Gasteiger partial charge in [-0.3, -0.25) is 9.89 Å². The van der Waals surface area contributed by atoms with Crippen molar-refractivity contribution >= 4 is 29.9 Å². The molecule has 5 nitrogen and oxygen atoms in total. The average molecular weight is 500 g/mol. The Morgan fingerprint density at radius 2 is 2.04 bits per heavy atom. The molecule has 154 valence electrons. The Balaban J connectivity index is 0.00000364. The number of alkyl halides is 3. The van der Waals surface area contributed by atoms with Crippen molar-refractivity contribution in [2.75, 3.05) is 39.8 Å². The van der Waals surface area contributed by atoms with Gasteiger partial charge in [-0.05, 0) is 18.9 Å².